The summed E-state index contributed by atoms with van der Waals surface area (Å²) in [6.07, 6.45) is 13.7. The maximum absolute atomic E-state index is 12.9. The van der Waals surface area contributed by atoms with E-state index in [0.29, 0.717) is 35.6 Å². The lowest BCUT2D eigenvalue weighted by molar-refractivity contribution is -0.137. The summed E-state index contributed by atoms with van der Waals surface area (Å²) in [7, 11) is 1.73. The van der Waals surface area contributed by atoms with Gasteiger partial charge in [0.15, 0.2) is 5.78 Å². The van der Waals surface area contributed by atoms with E-state index in [-0.39, 0.29) is 5.41 Å². The van der Waals surface area contributed by atoms with Crippen molar-refractivity contribution >= 4 is 5.78 Å². The fourth-order valence-electron chi connectivity index (χ4n) is 6.36. The summed E-state index contributed by atoms with van der Waals surface area (Å²) in [6.45, 7) is 7.13. The third-order valence-corrected chi connectivity index (χ3v) is 7.50. The first-order valence-electron chi connectivity index (χ1n) is 9.11. The van der Waals surface area contributed by atoms with E-state index in [0.717, 1.165) is 31.3 Å². The molecule has 0 aliphatic heterocycles. The van der Waals surface area contributed by atoms with E-state index in [4.69, 9.17) is 4.74 Å². The molecule has 5 atom stereocenters. The molecular weight excluding hydrogens is 284 g/mol. The Labute approximate surface area is 139 Å². The first kappa shape index (κ1) is 15.4. The Kier molecular flexibility index (Phi) is 3.46. The van der Waals surface area contributed by atoms with Crippen LogP contribution in [0.1, 0.15) is 45.4 Å². The number of hydrogen-bond donors (Lipinski definition) is 0. The molecule has 0 unspecified atom stereocenters. The van der Waals surface area contributed by atoms with Crippen LogP contribution in [-0.2, 0) is 9.53 Å². The monoisotopic (exact) mass is 312 g/mol. The number of rotatable bonds is 2. The van der Waals surface area contributed by atoms with Gasteiger partial charge in [0, 0.05) is 7.11 Å². The quantitative estimate of drug-likeness (QED) is 0.703. The predicted octanol–water partition coefficient (Wildman–Crippen LogP) is 4.48. The Hall–Kier alpha value is -1.15. The molecule has 2 heteroatoms. The van der Waals surface area contributed by atoms with E-state index in [9.17, 15) is 4.79 Å². The second kappa shape index (κ2) is 5.17. The summed E-state index contributed by atoms with van der Waals surface area (Å²) in [5.41, 5.74) is 2.42. The maximum atomic E-state index is 12.9. The minimum Gasteiger partial charge on any atom is -0.384 e. The average Bonchev–Trinajstić information content (AvgIpc) is 2.79. The topological polar surface area (TPSA) is 26.3 Å². The van der Waals surface area contributed by atoms with Crippen molar-refractivity contribution < 1.29 is 9.53 Å². The highest BCUT2D eigenvalue weighted by Gasteiger charge is 2.61. The first-order chi connectivity index (χ1) is 11.0. The van der Waals surface area contributed by atoms with E-state index in [1.807, 2.05) is 0 Å². The highest BCUT2D eigenvalue weighted by atomic mass is 16.5. The molecule has 4 aliphatic rings. The number of ketones is 1. The van der Waals surface area contributed by atoms with Gasteiger partial charge in [-0.05, 0) is 72.8 Å². The molecule has 2 nitrogen and oxygen atoms in total. The lowest BCUT2D eigenvalue weighted by Gasteiger charge is -2.55. The minimum absolute atomic E-state index is 0.279. The largest absolute Gasteiger partial charge is 0.384 e. The molecule has 0 spiro atoms. The fourth-order valence-corrected chi connectivity index (χ4v) is 6.36. The molecule has 2 saturated carbocycles. The second-order valence-corrected chi connectivity index (χ2v) is 8.40. The third kappa shape index (κ3) is 1.94. The molecule has 0 saturated heterocycles. The zero-order valence-corrected chi connectivity index (χ0v) is 14.4. The van der Waals surface area contributed by atoms with Crippen LogP contribution in [0.4, 0.5) is 0 Å². The van der Waals surface area contributed by atoms with Gasteiger partial charge in [-0.3, -0.25) is 4.79 Å². The highest BCUT2D eigenvalue weighted by Crippen LogP contribution is 2.64. The van der Waals surface area contributed by atoms with Crippen LogP contribution in [0.3, 0.4) is 0 Å². The van der Waals surface area contributed by atoms with E-state index in [1.165, 1.54) is 12.8 Å². The van der Waals surface area contributed by atoms with Crippen molar-refractivity contribution in [2.45, 2.75) is 45.4 Å². The van der Waals surface area contributed by atoms with Gasteiger partial charge < -0.3 is 4.74 Å². The summed E-state index contributed by atoms with van der Waals surface area (Å²) in [4.78, 5) is 12.9. The van der Waals surface area contributed by atoms with E-state index < -0.39 is 0 Å². The Morgan fingerprint density at radius 1 is 1.35 bits per heavy atom. The van der Waals surface area contributed by atoms with Gasteiger partial charge in [-0.1, -0.05) is 31.7 Å². The molecular formula is C21H28O2. The molecule has 4 rings (SSSR count). The second-order valence-electron chi connectivity index (χ2n) is 8.40. The molecule has 23 heavy (non-hydrogen) atoms. The highest BCUT2D eigenvalue weighted by molar-refractivity contribution is 6.02. The van der Waals surface area contributed by atoms with Gasteiger partial charge in [-0.2, -0.15) is 0 Å². The summed E-state index contributed by atoms with van der Waals surface area (Å²) in [5.74, 6) is 2.05. The Morgan fingerprint density at radius 2 is 2.17 bits per heavy atom. The molecule has 0 heterocycles. The Morgan fingerprint density at radius 3 is 2.96 bits per heavy atom. The van der Waals surface area contributed by atoms with Crippen molar-refractivity contribution in [3.8, 4) is 0 Å². The lowest BCUT2D eigenvalue weighted by atomic mass is 9.48. The van der Waals surface area contributed by atoms with Crippen molar-refractivity contribution in [1.82, 2.24) is 0 Å². The molecule has 124 valence electrons. The zero-order valence-electron chi connectivity index (χ0n) is 14.4. The number of allylic oxidation sites excluding steroid dienone is 5. The van der Waals surface area contributed by atoms with Gasteiger partial charge in [-0.15, -0.1) is 0 Å². The minimum atomic E-state index is -0.279. The molecule has 0 N–H and O–H groups in total. The van der Waals surface area contributed by atoms with E-state index >= 15 is 0 Å². The van der Waals surface area contributed by atoms with Crippen LogP contribution in [0.5, 0.6) is 0 Å². The molecule has 0 bridgehead atoms. The Balaban J connectivity index is 1.74. The van der Waals surface area contributed by atoms with Crippen LogP contribution >= 0.6 is 0 Å². The van der Waals surface area contributed by atoms with Crippen molar-refractivity contribution in [3.05, 3.63) is 36.0 Å². The molecule has 4 aliphatic carbocycles. The summed E-state index contributed by atoms with van der Waals surface area (Å²) in [5, 5.41) is 0. The van der Waals surface area contributed by atoms with Crippen molar-refractivity contribution in [2.24, 2.45) is 28.6 Å². The van der Waals surface area contributed by atoms with Crippen LogP contribution in [0.25, 0.3) is 0 Å². The smallest absolute Gasteiger partial charge is 0.167 e. The Bertz CT molecular complexity index is 613. The number of carbonyl (C=O) groups excluding carboxylic acids is 1. The number of Topliss-reactive ketones (excluding diaryl/α,β-unsaturated/α-hetero) is 1. The van der Waals surface area contributed by atoms with Gasteiger partial charge in [0.25, 0.3) is 0 Å². The average molecular weight is 312 g/mol. The predicted molar refractivity (Wildman–Crippen MR) is 92.0 cm³/mol. The summed E-state index contributed by atoms with van der Waals surface area (Å²) in [6, 6.07) is 0. The lowest BCUT2D eigenvalue weighted by Crippen LogP contribution is -2.51. The maximum Gasteiger partial charge on any atom is 0.167 e. The molecule has 0 aromatic rings. The van der Waals surface area contributed by atoms with Crippen molar-refractivity contribution in [1.29, 1.82) is 0 Å². The number of carbonyl (C=O) groups is 1. The van der Waals surface area contributed by atoms with Gasteiger partial charge >= 0.3 is 0 Å². The standard InChI is InChI=1S/C21H28O2/c1-14-12-18-16-8-7-15-6-4-5-10-20(15,2)17(16)9-11-21(18,13-23-3)19(14)22/h4,6-7,16-18H,1,5,8-13H2,2-3H3/t16-,17+,18+,20+,21-/m1/s1. The van der Waals surface area contributed by atoms with Gasteiger partial charge in [-0.25, -0.2) is 0 Å². The van der Waals surface area contributed by atoms with E-state index in [2.05, 4.69) is 31.7 Å². The van der Waals surface area contributed by atoms with Gasteiger partial charge in [0.1, 0.15) is 0 Å². The number of hydrogen-bond acceptors (Lipinski definition) is 2. The van der Waals surface area contributed by atoms with Gasteiger partial charge in [0.05, 0.1) is 12.0 Å². The van der Waals surface area contributed by atoms with Crippen LogP contribution in [0, 0.1) is 28.6 Å². The molecule has 2 fully saturated rings. The fraction of sp³-hybridized carbons (Fsp3) is 0.667. The molecule has 0 radical (unpaired) electrons. The number of ether oxygens (including phenoxy) is 1. The normalized spacial score (nSPS) is 45.3. The van der Waals surface area contributed by atoms with Crippen LogP contribution in [-0.4, -0.2) is 19.5 Å². The van der Waals surface area contributed by atoms with E-state index in [1.54, 1.807) is 12.7 Å². The SMILES string of the molecule is C=C1C[C@H]2[C@@H]3CC=C4C=CCC[C@]4(C)[C@H]3CC[C@]2(COC)C1=O. The van der Waals surface area contributed by atoms with Crippen LogP contribution < -0.4 is 0 Å². The number of fused-ring (bicyclic) bond motifs is 5. The molecule has 0 aromatic heterocycles. The van der Waals surface area contributed by atoms with Crippen LogP contribution in [0.15, 0.2) is 36.0 Å². The number of methoxy groups -OCH3 is 1. The third-order valence-electron chi connectivity index (χ3n) is 7.50. The summed E-state index contributed by atoms with van der Waals surface area (Å²) >= 11 is 0. The molecule has 0 aromatic carbocycles. The zero-order chi connectivity index (χ0) is 16.2. The molecule has 0 amide bonds. The van der Waals surface area contributed by atoms with Crippen molar-refractivity contribution in [3.63, 3.8) is 0 Å². The first-order valence-corrected chi connectivity index (χ1v) is 9.11. The van der Waals surface area contributed by atoms with Crippen molar-refractivity contribution in [2.75, 3.05) is 13.7 Å². The summed E-state index contributed by atoms with van der Waals surface area (Å²) < 4.78 is 5.53. The van der Waals surface area contributed by atoms with Gasteiger partial charge in [0.2, 0.25) is 0 Å². The van der Waals surface area contributed by atoms with Crippen LogP contribution in [0.2, 0.25) is 0 Å².